The summed E-state index contributed by atoms with van der Waals surface area (Å²) >= 11 is 1.43. The van der Waals surface area contributed by atoms with Crippen LogP contribution in [0.2, 0.25) is 0 Å². The van der Waals surface area contributed by atoms with E-state index in [0.29, 0.717) is 16.7 Å². The molecule has 0 saturated carbocycles. The van der Waals surface area contributed by atoms with Crippen molar-refractivity contribution in [1.82, 2.24) is 9.97 Å². The molecule has 106 valence electrons. The van der Waals surface area contributed by atoms with Crippen LogP contribution in [0.25, 0.3) is 0 Å². The Morgan fingerprint density at radius 3 is 2.75 bits per heavy atom. The molecule has 0 unspecified atom stereocenters. The second kappa shape index (κ2) is 6.47. The van der Waals surface area contributed by atoms with Gasteiger partial charge in [0.25, 0.3) is 5.91 Å². The van der Waals surface area contributed by atoms with Crippen LogP contribution >= 0.6 is 11.3 Å². The van der Waals surface area contributed by atoms with Crippen LogP contribution in [0, 0.1) is 0 Å². The highest BCUT2D eigenvalue weighted by molar-refractivity contribution is 7.14. The number of nitrogens with one attached hydrogen (secondary N) is 2. The van der Waals surface area contributed by atoms with Crippen molar-refractivity contribution in [2.24, 2.45) is 0 Å². The number of pyridine rings is 1. The molecule has 2 heterocycles. The number of rotatable bonds is 5. The molecule has 6 heteroatoms. The third-order valence-corrected chi connectivity index (χ3v) is 3.49. The zero-order chi connectivity index (χ0) is 14.5. The largest absolute Gasteiger partial charge is 0.384 e. The Kier molecular flexibility index (Phi) is 4.68. The highest BCUT2D eigenvalue weighted by atomic mass is 32.1. The van der Waals surface area contributed by atoms with Gasteiger partial charge in [0, 0.05) is 11.9 Å². The highest BCUT2D eigenvalue weighted by Gasteiger charge is 2.11. The van der Waals surface area contributed by atoms with Gasteiger partial charge in [-0.1, -0.05) is 13.8 Å². The monoisotopic (exact) mass is 290 g/mol. The third kappa shape index (κ3) is 3.54. The van der Waals surface area contributed by atoms with Crippen LogP contribution in [0.4, 0.5) is 10.8 Å². The van der Waals surface area contributed by atoms with Gasteiger partial charge in [-0.2, -0.15) is 0 Å². The maximum absolute atomic E-state index is 12.0. The third-order valence-electron chi connectivity index (χ3n) is 2.71. The van der Waals surface area contributed by atoms with Crippen LogP contribution in [-0.4, -0.2) is 22.4 Å². The van der Waals surface area contributed by atoms with E-state index in [-0.39, 0.29) is 5.91 Å². The predicted octanol–water partition coefficient (Wildman–Crippen LogP) is 3.35. The SMILES string of the molecule is CCNc1ccc(C(=O)Nc2nc(C(C)C)cs2)nc1. The Bertz CT molecular complexity index is 577. The van der Waals surface area contributed by atoms with Crippen molar-refractivity contribution in [2.45, 2.75) is 26.7 Å². The number of carbonyl (C=O) groups excluding carboxylic acids is 1. The molecule has 0 aliphatic rings. The Labute approximate surface area is 122 Å². The summed E-state index contributed by atoms with van der Waals surface area (Å²) in [5.74, 6) is 0.118. The molecule has 0 atom stereocenters. The van der Waals surface area contributed by atoms with Gasteiger partial charge in [0.05, 0.1) is 17.6 Å². The van der Waals surface area contributed by atoms with Gasteiger partial charge in [0.2, 0.25) is 0 Å². The summed E-state index contributed by atoms with van der Waals surface area (Å²) in [6.45, 7) is 6.98. The van der Waals surface area contributed by atoms with E-state index in [2.05, 4.69) is 34.4 Å². The summed E-state index contributed by atoms with van der Waals surface area (Å²) in [6, 6.07) is 3.54. The van der Waals surface area contributed by atoms with Crippen molar-refractivity contribution in [1.29, 1.82) is 0 Å². The molecular formula is C14H18N4OS. The van der Waals surface area contributed by atoms with Gasteiger partial charge in [-0.15, -0.1) is 11.3 Å². The summed E-state index contributed by atoms with van der Waals surface area (Å²) < 4.78 is 0. The van der Waals surface area contributed by atoms with E-state index >= 15 is 0 Å². The molecule has 0 spiro atoms. The molecule has 2 aromatic heterocycles. The number of hydrogen-bond donors (Lipinski definition) is 2. The fourth-order valence-corrected chi connectivity index (χ4v) is 2.47. The smallest absolute Gasteiger partial charge is 0.276 e. The fraction of sp³-hybridized carbons (Fsp3) is 0.357. The number of carbonyl (C=O) groups is 1. The van der Waals surface area contributed by atoms with Gasteiger partial charge in [-0.05, 0) is 25.0 Å². The average molecular weight is 290 g/mol. The van der Waals surface area contributed by atoms with Crippen molar-refractivity contribution in [3.63, 3.8) is 0 Å². The average Bonchev–Trinajstić information content (AvgIpc) is 2.88. The van der Waals surface area contributed by atoms with E-state index in [1.165, 1.54) is 11.3 Å². The minimum atomic E-state index is -0.238. The van der Waals surface area contributed by atoms with Gasteiger partial charge in [-0.25, -0.2) is 9.97 Å². The lowest BCUT2D eigenvalue weighted by molar-refractivity contribution is 0.102. The first kappa shape index (κ1) is 14.5. The number of aromatic nitrogens is 2. The van der Waals surface area contributed by atoms with Crippen LogP contribution in [-0.2, 0) is 0 Å². The van der Waals surface area contributed by atoms with Crippen LogP contribution < -0.4 is 10.6 Å². The minimum Gasteiger partial charge on any atom is -0.384 e. The Morgan fingerprint density at radius 1 is 1.40 bits per heavy atom. The van der Waals surface area contributed by atoms with Gasteiger partial charge in [-0.3, -0.25) is 10.1 Å². The molecule has 0 aliphatic heterocycles. The maximum atomic E-state index is 12.0. The number of anilines is 2. The van der Waals surface area contributed by atoms with E-state index in [1.807, 2.05) is 18.4 Å². The molecule has 0 aliphatic carbocycles. The minimum absolute atomic E-state index is 0.238. The molecule has 2 N–H and O–H groups in total. The first-order chi connectivity index (χ1) is 9.60. The first-order valence-corrected chi connectivity index (χ1v) is 7.44. The maximum Gasteiger partial charge on any atom is 0.276 e. The zero-order valence-electron chi connectivity index (χ0n) is 11.8. The zero-order valence-corrected chi connectivity index (χ0v) is 12.6. The summed E-state index contributed by atoms with van der Waals surface area (Å²) in [6.07, 6.45) is 1.65. The van der Waals surface area contributed by atoms with Gasteiger partial charge < -0.3 is 5.32 Å². The lowest BCUT2D eigenvalue weighted by Gasteiger charge is -2.04. The number of nitrogens with zero attached hydrogens (tertiary/aromatic N) is 2. The number of hydrogen-bond acceptors (Lipinski definition) is 5. The van der Waals surface area contributed by atoms with E-state index in [0.717, 1.165) is 17.9 Å². The van der Waals surface area contributed by atoms with E-state index < -0.39 is 0 Å². The molecule has 0 fully saturated rings. The molecule has 0 bridgehead atoms. The molecule has 0 radical (unpaired) electrons. The van der Waals surface area contributed by atoms with Crippen molar-refractivity contribution in [3.05, 3.63) is 35.1 Å². The highest BCUT2D eigenvalue weighted by Crippen LogP contribution is 2.21. The summed E-state index contributed by atoms with van der Waals surface area (Å²) in [4.78, 5) is 20.5. The second-order valence-electron chi connectivity index (χ2n) is 4.65. The normalized spacial score (nSPS) is 10.6. The molecule has 2 aromatic rings. The van der Waals surface area contributed by atoms with Crippen LogP contribution in [0.5, 0.6) is 0 Å². The van der Waals surface area contributed by atoms with Gasteiger partial charge >= 0.3 is 0 Å². The summed E-state index contributed by atoms with van der Waals surface area (Å²) in [7, 11) is 0. The molecule has 1 amide bonds. The Hall–Kier alpha value is -1.95. The predicted molar refractivity (Wildman–Crippen MR) is 82.6 cm³/mol. The molecule has 2 rings (SSSR count). The van der Waals surface area contributed by atoms with Crippen LogP contribution in [0.3, 0.4) is 0 Å². The fourth-order valence-electron chi connectivity index (χ4n) is 1.61. The van der Waals surface area contributed by atoms with E-state index in [9.17, 15) is 4.79 Å². The first-order valence-electron chi connectivity index (χ1n) is 6.57. The van der Waals surface area contributed by atoms with Gasteiger partial charge in [0.15, 0.2) is 5.13 Å². The van der Waals surface area contributed by atoms with E-state index in [1.54, 1.807) is 12.3 Å². The van der Waals surface area contributed by atoms with Crippen LogP contribution in [0.1, 0.15) is 42.9 Å². The number of amides is 1. The quantitative estimate of drug-likeness (QED) is 0.886. The summed E-state index contributed by atoms with van der Waals surface area (Å²) in [5.41, 5.74) is 2.27. The van der Waals surface area contributed by atoms with Crippen molar-refractivity contribution >= 4 is 28.1 Å². The lowest BCUT2D eigenvalue weighted by atomic mass is 10.2. The van der Waals surface area contributed by atoms with Gasteiger partial charge in [0.1, 0.15) is 5.69 Å². The number of thiazole rings is 1. The Balaban J connectivity index is 2.03. The Morgan fingerprint density at radius 2 is 2.20 bits per heavy atom. The molecular weight excluding hydrogens is 272 g/mol. The molecule has 0 aromatic carbocycles. The second-order valence-corrected chi connectivity index (χ2v) is 5.51. The van der Waals surface area contributed by atoms with Crippen LogP contribution in [0.15, 0.2) is 23.7 Å². The lowest BCUT2D eigenvalue weighted by Crippen LogP contribution is -2.13. The van der Waals surface area contributed by atoms with Crippen molar-refractivity contribution in [2.75, 3.05) is 17.2 Å². The molecule has 0 saturated heterocycles. The standard InChI is InChI=1S/C14H18N4OS/c1-4-15-10-5-6-11(16-7-10)13(19)18-14-17-12(8-20-14)9(2)3/h5-9,15H,4H2,1-3H3,(H,17,18,19). The summed E-state index contributed by atoms with van der Waals surface area (Å²) in [5, 5.41) is 8.47. The molecule has 20 heavy (non-hydrogen) atoms. The topological polar surface area (TPSA) is 66.9 Å². The van der Waals surface area contributed by atoms with Crippen molar-refractivity contribution < 1.29 is 4.79 Å². The van der Waals surface area contributed by atoms with E-state index in [4.69, 9.17) is 0 Å². The van der Waals surface area contributed by atoms with Crippen molar-refractivity contribution in [3.8, 4) is 0 Å². The molecule has 5 nitrogen and oxygen atoms in total.